The number of hydrogen-bond acceptors (Lipinski definition) is 3. The second kappa shape index (κ2) is 8.33. The molecule has 0 bridgehead atoms. The van der Waals surface area contributed by atoms with Crippen LogP contribution in [-0.2, 0) is 11.3 Å². The summed E-state index contributed by atoms with van der Waals surface area (Å²) < 4.78 is 7.36. The Balaban J connectivity index is 1.63. The number of aryl methyl sites for hydroxylation is 1. The first-order chi connectivity index (χ1) is 14.1. The molecule has 144 valence electrons. The van der Waals surface area contributed by atoms with E-state index in [-0.39, 0.29) is 6.61 Å². The van der Waals surface area contributed by atoms with Crippen LogP contribution in [0.4, 0.5) is 0 Å². The van der Waals surface area contributed by atoms with E-state index in [4.69, 9.17) is 21.4 Å². The SMILES string of the molecule is Cc1ccc(-c2nn(-c3ccccc3)cc2COC(=O)c2ccc(Cl)cc2)cc1. The zero-order valence-corrected chi connectivity index (χ0v) is 16.6. The molecule has 1 aromatic heterocycles. The van der Waals surface area contributed by atoms with Crippen molar-refractivity contribution < 1.29 is 9.53 Å². The molecular weight excluding hydrogens is 384 g/mol. The van der Waals surface area contributed by atoms with Crippen molar-refractivity contribution in [2.45, 2.75) is 13.5 Å². The first-order valence-corrected chi connectivity index (χ1v) is 9.61. The molecule has 4 nitrogen and oxygen atoms in total. The van der Waals surface area contributed by atoms with Gasteiger partial charge in [-0.2, -0.15) is 5.10 Å². The van der Waals surface area contributed by atoms with Gasteiger partial charge >= 0.3 is 5.97 Å². The minimum Gasteiger partial charge on any atom is -0.457 e. The van der Waals surface area contributed by atoms with Crippen molar-refractivity contribution in [1.82, 2.24) is 9.78 Å². The van der Waals surface area contributed by atoms with E-state index in [9.17, 15) is 4.79 Å². The van der Waals surface area contributed by atoms with Crippen LogP contribution in [0.15, 0.2) is 85.1 Å². The summed E-state index contributed by atoms with van der Waals surface area (Å²) in [5, 5.41) is 5.33. The number of para-hydroxylation sites is 1. The maximum Gasteiger partial charge on any atom is 0.338 e. The van der Waals surface area contributed by atoms with E-state index in [2.05, 4.69) is 0 Å². The van der Waals surface area contributed by atoms with Crippen molar-refractivity contribution in [3.8, 4) is 16.9 Å². The van der Waals surface area contributed by atoms with Gasteiger partial charge in [0.1, 0.15) is 6.61 Å². The fourth-order valence-electron chi connectivity index (χ4n) is 3.00. The summed E-state index contributed by atoms with van der Waals surface area (Å²) in [6.45, 7) is 2.17. The number of rotatable bonds is 5. The molecule has 4 rings (SSSR count). The summed E-state index contributed by atoms with van der Waals surface area (Å²) in [5.74, 6) is -0.399. The highest BCUT2D eigenvalue weighted by Crippen LogP contribution is 2.25. The highest BCUT2D eigenvalue weighted by molar-refractivity contribution is 6.30. The van der Waals surface area contributed by atoms with E-state index in [1.54, 1.807) is 28.9 Å². The van der Waals surface area contributed by atoms with E-state index < -0.39 is 5.97 Å². The van der Waals surface area contributed by atoms with Gasteiger partial charge in [-0.3, -0.25) is 0 Å². The van der Waals surface area contributed by atoms with E-state index in [1.807, 2.05) is 67.7 Å². The van der Waals surface area contributed by atoms with Crippen LogP contribution < -0.4 is 0 Å². The third-order valence-corrected chi connectivity index (χ3v) is 4.83. The molecule has 0 saturated carbocycles. The van der Waals surface area contributed by atoms with Gasteiger partial charge in [-0.05, 0) is 43.3 Å². The largest absolute Gasteiger partial charge is 0.457 e. The molecule has 0 radical (unpaired) electrons. The highest BCUT2D eigenvalue weighted by atomic mass is 35.5. The second-order valence-electron chi connectivity index (χ2n) is 6.73. The fourth-order valence-corrected chi connectivity index (χ4v) is 3.12. The molecule has 1 heterocycles. The van der Waals surface area contributed by atoms with Gasteiger partial charge in [-0.15, -0.1) is 0 Å². The molecule has 0 aliphatic rings. The van der Waals surface area contributed by atoms with Crippen LogP contribution in [-0.4, -0.2) is 15.7 Å². The third-order valence-electron chi connectivity index (χ3n) is 4.57. The lowest BCUT2D eigenvalue weighted by molar-refractivity contribution is 0.0473. The molecule has 3 aromatic carbocycles. The molecule has 0 amide bonds. The number of halogens is 1. The maximum atomic E-state index is 12.4. The predicted molar refractivity (Wildman–Crippen MR) is 114 cm³/mol. The second-order valence-corrected chi connectivity index (χ2v) is 7.17. The van der Waals surface area contributed by atoms with Crippen molar-refractivity contribution in [3.63, 3.8) is 0 Å². The molecule has 0 saturated heterocycles. The Morgan fingerprint density at radius 3 is 2.34 bits per heavy atom. The van der Waals surface area contributed by atoms with Gasteiger partial charge in [0.05, 0.1) is 16.9 Å². The molecule has 4 aromatic rings. The fraction of sp³-hybridized carbons (Fsp3) is 0.0833. The Morgan fingerprint density at radius 1 is 0.966 bits per heavy atom. The van der Waals surface area contributed by atoms with Crippen LogP contribution >= 0.6 is 11.6 Å². The summed E-state index contributed by atoms with van der Waals surface area (Å²) in [6.07, 6.45) is 1.90. The van der Waals surface area contributed by atoms with Crippen molar-refractivity contribution >= 4 is 17.6 Å². The number of carbonyl (C=O) groups is 1. The van der Waals surface area contributed by atoms with Crippen molar-refractivity contribution in [3.05, 3.63) is 107 Å². The number of benzene rings is 3. The Kier molecular flexibility index (Phi) is 5.45. The lowest BCUT2D eigenvalue weighted by atomic mass is 10.1. The first kappa shape index (κ1) is 19.0. The Morgan fingerprint density at radius 2 is 1.66 bits per heavy atom. The number of esters is 1. The summed E-state index contributed by atoms with van der Waals surface area (Å²) in [6, 6.07) is 24.6. The summed E-state index contributed by atoms with van der Waals surface area (Å²) in [7, 11) is 0. The van der Waals surface area contributed by atoms with E-state index in [1.165, 1.54) is 5.56 Å². The van der Waals surface area contributed by atoms with Crippen LogP contribution in [0.5, 0.6) is 0 Å². The highest BCUT2D eigenvalue weighted by Gasteiger charge is 2.15. The average molecular weight is 403 g/mol. The lowest BCUT2D eigenvalue weighted by Gasteiger charge is -2.06. The predicted octanol–water partition coefficient (Wildman–Crippen LogP) is 5.86. The smallest absolute Gasteiger partial charge is 0.338 e. The zero-order valence-electron chi connectivity index (χ0n) is 15.9. The molecule has 0 N–H and O–H groups in total. The molecule has 0 spiro atoms. The van der Waals surface area contributed by atoms with Gasteiger partial charge in [0, 0.05) is 22.3 Å². The van der Waals surface area contributed by atoms with Crippen LogP contribution in [0.1, 0.15) is 21.5 Å². The number of aromatic nitrogens is 2. The van der Waals surface area contributed by atoms with Crippen LogP contribution in [0.3, 0.4) is 0 Å². The first-order valence-electron chi connectivity index (χ1n) is 9.24. The normalized spacial score (nSPS) is 10.7. The monoisotopic (exact) mass is 402 g/mol. The molecule has 0 aliphatic carbocycles. The molecule has 0 unspecified atom stereocenters. The number of hydrogen-bond donors (Lipinski definition) is 0. The molecule has 0 fully saturated rings. The quantitative estimate of drug-likeness (QED) is 0.393. The van der Waals surface area contributed by atoms with Crippen LogP contribution in [0.25, 0.3) is 16.9 Å². The number of nitrogens with zero attached hydrogens (tertiary/aromatic N) is 2. The lowest BCUT2D eigenvalue weighted by Crippen LogP contribution is -2.05. The molecule has 29 heavy (non-hydrogen) atoms. The van der Waals surface area contributed by atoms with E-state index in [0.717, 1.165) is 22.5 Å². The maximum absolute atomic E-state index is 12.4. The van der Waals surface area contributed by atoms with Crippen LogP contribution in [0, 0.1) is 6.92 Å². The number of carbonyl (C=O) groups excluding carboxylic acids is 1. The Hall–Kier alpha value is -3.37. The minimum atomic E-state index is -0.399. The minimum absolute atomic E-state index is 0.123. The standard InChI is InChI=1S/C24H19ClN2O2/c1-17-7-9-18(10-8-17)23-20(15-27(26-23)22-5-3-2-4-6-22)16-29-24(28)19-11-13-21(25)14-12-19/h2-15H,16H2,1H3. The van der Waals surface area contributed by atoms with Gasteiger partial charge in [0.2, 0.25) is 0 Å². The van der Waals surface area contributed by atoms with Crippen molar-refractivity contribution in [2.75, 3.05) is 0 Å². The van der Waals surface area contributed by atoms with Gasteiger partial charge in [-0.1, -0.05) is 59.6 Å². The zero-order chi connectivity index (χ0) is 20.2. The molecule has 0 atom stereocenters. The molecule has 5 heteroatoms. The average Bonchev–Trinajstić information content (AvgIpc) is 3.18. The Bertz CT molecular complexity index is 1120. The number of ether oxygens (including phenoxy) is 1. The Labute approximate surface area is 174 Å². The van der Waals surface area contributed by atoms with E-state index in [0.29, 0.717) is 10.6 Å². The molecule has 0 aliphatic heterocycles. The van der Waals surface area contributed by atoms with Gasteiger partial charge in [0.15, 0.2) is 0 Å². The summed E-state index contributed by atoms with van der Waals surface area (Å²) >= 11 is 5.89. The van der Waals surface area contributed by atoms with Gasteiger partial charge in [0.25, 0.3) is 0 Å². The topological polar surface area (TPSA) is 44.1 Å². The third kappa shape index (κ3) is 4.39. The van der Waals surface area contributed by atoms with Gasteiger partial charge in [-0.25, -0.2) is 9.48 Å². The van der Waals surface area contributed by atoms with Crippen LogP contribution in [0.2, 0.25) is 5.02 Å². The van der Waals surface area contributed by atoms with E-state index >= 15 is 0 Å². The summed E-state index contributed by atoms with van der Waals surface area (Å²) in [4.78, 5) is 12.4. The van der Waals surface area contributed by atoms with Crippen molar-refractivity contribution in [2.24, 2.45) is 0 Å². The molecular formula is C24H19ClN2O2. The van der Waals surface area contributed by atoms with Crippen molar-refractivity contribution in [1.29, 1.82) is 0 Å². The summed E-state index contributed by atoms with van der Waals surface area (Å²) in [5.41, 5.74) is 5.17. The van der Waals surface area contributed by atoms with Gasteiger partial charge < -0.3 is 4.74 Å².